The van der Waals surface area contributed by atoms with Gasteiger partial charge in [-0.25, -0.2) is 4.39 Å². The topological polar surface area (TPSA) is 64.7 Å². The first-order valence-corrected chi connectivity index (χ1v) is 8.85. The Kier molecular flexibility index (Phi) is 5.30. The molecule has 0 aliphatic rings. The van der Waals surface area contributed by atoms with E-state index in [2.05, 4.69) is 15.5 Å². The molecule has 3 aromatic rings. The van der Waals surface area contributed by atoms with E-state index in [0.29, 0.717) is 19.9 Å². The average molecular weight is 494 g/mol. The lowest BCUT2D eigenvalue weighted by atomic mass is 10.2. The molecule has 1 aromatic carbocycles. The van der Waals surface area contributed by atoms with Gasteiger partial charge in [-0.15, -0.1) is 0 Å². The number of aryl methyl sites for hydroxylation is 1. The van der Waals surface area contributed by atoms with E-state index in [0.717, 1.165) is 0 Å². The van der Waals surface area contributed by atoms with Crippen molar-refractivity contribution in [2.75, 3.05) is 5.32 Å². The zero-order chi connectivity index (χ0) is 18.1. The van der Waals surface area contributed by atoms with Gasteiger partial charge in [0.25, 0.3) is 5.91 Å². The van der Waals surface area contributed by atoms with Gasteiger partial charge in [0, 0.05) is 23.8 Å². The second kappa shape index (κ2) is 7.30. The van der Waals surface area contributed by atoms with E-state index < -0.39 is 5.82 Å². The number of benzene rings is 1. The molecule has 1 amide bonds. The van der Waals surface area contributed by atoms with Crippen LogP contribution in [0.25, 0.3) is 0 Å². The number of nitrogens with zero attached hydrogens (tertiary/aromatic N) is 4. The van der Waals surface area contributed by atoms with E-state index in [1.165, 1.54) is 27.7 Å². The molecule has 0 fully saturated rings. The van der Waals surface area contributed by atoms with Crippen LogP contribution in [0.15, 0.2) is 30.6 Å². The van der Waals surface area contributed by atoms with Crippen molar-refractivity contribution in [1.29, 1.82) is 0 Å². The molecule has 25 heavy (non-hydrogen) atoms. The summed E-state index contributed by atoms with van der Waals surface area (Å²) in [5, 5.41) is 11.4. The number of halogens is 4. The molecule has 0 unspecified atom stereocenters. The van der Waals surface area contributed by atoms with Crippen LogP contribution in [0.1, 0.15) is 16.1 Å². The van der Waals surface area contributed by atoms with Crippen LogP contribution < -0.4 is 5.32 Å². The van der Waals surface area contributed by atoms with Gasteiger partial charge in [-0.05, 0) is 34.7 Å². The molecule has 0 atom stereocenters. The van der Waals surface area contributed by atoms with Crippen LogP contribution in [0.3, 0.4) is 0 Å². The van der Waals surface area contributed by atoms with Crippen molar-refractivity contribution in [3.8, 4) is 0 Å². The molecule has 0 bridgehead atoms. The lowest BCUT2D eigenvalue weighted by Crippen LogP contribution is -2.18. The largest absolute Gasteiger partial charge is 0.302 e. The molecule has 0 saturated heterocycles. The van der Waals surface area contributed by atoms with Gasteiger partial charge in [0.05, 0.1) is 16.3 Å². The predicted molar refractivity (Wildman–Crippen MR) is 102 cm³/mol. The first-order valence-electron chi connectivity index (χ1n) is 7.01. The van der Waals surface area contributed by atoms with Gasteiger partial charge in [0.2, 0.25) is 0 Å². The fourth-order valence-corrected chi connectivity index (χ4v) is 3.38. The van der Waals surface area contributed by atoms with E-state index in [9.17, 15) is 9.18 Å². The number of amides is 1. The summed E-state index contributed by atoms with van der Waals surface area (Å²) in [5.41, 5.74) is 0.686. The average Bonchev–Trinajstić information content (AvgIpc) is 3.06. The zero-order valence-electron chi connectivity index (χ0n) is 12.8. The van der Waals surface area contributed by atoms with Gasteiger partial charge >= 0.3 is 0 Å². The SMILES string of the molecule is Cn1ncc(I)c1C(=O)Nc1nn(Cc2c(F)cccc2Cl)cc1Cl. The van der Waals surface area contributed by atoms with Gasteiger partial charge in [-0.2, -0.15) is 10.2 Å². The highest BCUT2D eigenvalue weighted by atomic mass is 127. The number of nitrogens with one attached hydrogen (secondary N) is 1. The summed E-state index contributed by atoms with van der Waals surface area (Å²) in [7, 11) is 1.66. The minimum absolute atomic E-state index is 0.0876. The summed E-state index contributed by atoms with van der Waals surface area (Å²) in [4.78, 5) is 12.4. The Hall–Kier alpha value is -1.65. The van der Waals surface area contributed by atoms with E-state index in [-0.39, 0.29) is 23.3 Å². The Bertz CT molecular complexity index is 916. The number of hydrogen-bond acceptors (Lipinski definition) is 3. The quantitative estimate of drug-likeness (QED) is 0.559. The Morgan fingerprint density at radius 1 is 1.36 bits per heavy atom. The zero-order valence-corrected chi connectivity index (χ0v) is 16.5. The van der Waals surface area contributed by atoms with E-state index >= 15 is 0 Å². The molecule has 1 N–H and O–H groups in total. The highest BCUT2D eigenvalue weighted by Gasteiger charge is 2.19. The van der Waals surface area contributed by atoms with Crippen LogP contribution in [-0.2, 0) is 13.6 Å². The summed E-state index contributed by atoms with van der Waals surface area (Å²) in [6.07, 6.45) is 3.07. The Balaban J connectivity index is 1.82. The van der Waals surface area contributed by atoms with Gasteiger partial charge < -0.3 is 5.32 Å². The lowest BCUT2D eigenvalue weighted by Gasteiger charge is -2.06. The molecule has 130 valence electrons. The third-order valence-electron chi connectivity index (χ3n) is 3.44. The van der Waals surface area contributed by atoms with Crippen molar-refractivity contribution in [1.82, 2.24) is 19.6 Å². The Morgan fingerprint density at radius 2 is 2.12 bits per heavy atom. The van der Waals surface area contributed by atoms with Crippen LogP contribution >= 0.6 is 45.8 Å². The van der Waals surface area contributed by atoms with Gasteiger partial charge in [-0.3, -0.25) is 14.2 Å². The van der Waals surface area contributed by atoms with E-state index in [4.69, 9.17) is 23.2 Å². The van der Waals surface area contributed by atoms with Crippen molar-refractivity contribution in [3.63, 3.8) is 0 Å². The highest BCUT2D eigenvalue weighted by molar-refractivity contribution is 14.1. The Morgan fingerprint density at radius 3 is 2.76 bits per heavy atom. The minimum atomic E-state index is -0.436. The minimum Gasteiger partial charge on any atom is -0.302 e. The van der Waals surface area contributed by atoms with Crippen LogP contribution in [0.2, 0.25) is 10.0 Å². The predicted octanol–water partition coefficient (Wildman–Crippen LogP) is 3.97. The van der Waals surface area contributed by atoms with E-state index in [1.54, 1.807) is 19.3 Å². The molecule has 10 heteroatoms. The van der Waals surface area contributed by atoms with Crippen molar-refractivity contribution >= 4 is 57.5 Å². The number of carbonyl (C=O) groups is 1. The summed E-state index contributed by atoms with van der Waals surface area (Å²) in [6.45, 7) is 0.0876. The van der Waals surface area contributed by atoms with Crippen molar-refractivity contribution < 1.29 is 9.18 Å². The number of rotatable bonds is 4. The number of hydrogen-bond donors (Lipinski definition) is 1. The molecule has 0 saturated carbocycles. The molecule has 2 aromatic heterocycles. The molecule has 6 nitrogen and oxygen atoms in total. The third-order valence-corrected chi connectivity index (χ3v) is 4.86. The van der Waals surface area contributed by atoms with Crippen molar-refractivity contribution in [3.05, 3.63) is 61.3 Å². The van der Waals surface area contributed by atoms with Crippen LogP contribution in [0, 0.1) is 9.39 Å². The second-order valence-electron chi connectivity index (χ2n) is 5.14. The van der Waals surface area contributed by atoms with Gasteiger partial charge in [-0.1, -0.05) is 29.3 Å². The standard InChI is InChI=1S/C15H11Cl2FIN5O/c1-23-13(12(19)5-20-23)15(25)21-14-10(17)7-24(22-14)6-8-9(16)3-2-4-11(8)18/h2-5,7H,6H2,1H3,(H,21,22,25). The molecule has 2 heterocycles. The smallest absolute Gasteiger partial charge is 0.276 e. The van der Waals surface area contributed by atoms with Gasteiger partial charge in [0.1, 0.15) is 16.5 Å². The fourth-order valence-electron chi connectivity index (χ4n) is 2.24. The fraction of sp³-hybridized carbons (Fsp3) is 0.133. The van der Waals surface area contributed by atoms with Crippen molar-refractivity contribution in [2.24, 2.45) is 7.05 Å². The number of aromatic nitrogens is 4. The third kappa shape index (κ3) is 3.80. The molecular formula is C15H11Cl2FIN5O. The first kappa shape index (κ1) is 18.2. The maximum atomic E-state index is 13.9. The highest BCUT2D eigenvalue weighted by Crippen LogP contribution is 2.24. The van der Waals surface area contributed by atoms with E-state index in [1.807, 2.05) is 22.6 Å². The summed E-state index contributed by atoms with van der Waals surface area (Å²) < 4.78 is 17.5. The Labute approximate surface area is 166 Å². The van der Waals surface area contributed by atoms with Crippen molar-refractivity contribution in [2.45, 2.75) is 6.54 Å². The molecule has 0 radical (unpaired) electrons. The number of anilines is 1. The monoisotopic (exact) mass is 493 g/mol. The summed E-state index contributed by atoms with van der Waals surface area (Å²) >= 11 is 14.2. The maximum absolute atomic E-state index is 13.9. The maximum Gasteiger partial charge on any atom is 0.276 e. The number of carbonyl (C=O) groups excluding carboxylic acids is 1. The van der Waals surface area contributed by atoms with Crippen LogP contribution in [0.5, 0.6) is 0 Å². The summed E-state index contributed by atoms with van der Waals surface area (Å²) in [5.74, 6) is -0.647. The first-order chi connectivity index (χ1) is 11.9. The van der Waals surface area contributed by atoms with Crippen LogP contribution in [-0.4, -0.2) is 25.5 Å². The molecular weight excluding hydrogens is 483 g/mol. The lowest BCUT2D eigenvalue weighted by molar-refractivity contribution is 0.101. The van der Waals surface area contributed by atoms with Gasteiger partial charge in [0.15, 0.2) is 5.82 Å². The molecule has 3 rings (SSSR count). The van der Waals surface area contributed by atoms with Crippen LogP contribution in [0.4, 0.5) is 10.2 Å². The molecule has 0 aliphatic heterocycles. The second-order valence-corrected chi connectivity index (χ2v) is 7.12. The summed E-state index contributed by atoms with van der Waals surface area (Å²) in [6, 6.07) is 4.44. The normalized spacial score (nSPS) is 10.9. The molecule has 0 aliphatic carbocycles. The molecule has 0 spiro atoms.